The molecule has 0 saturated carbocycles. The van der Waals surface area contributed by atoms with Crippen LogP contribution in [-0.4, -0.2) is 49.6 Å². The second kappa shape index (κ2) is 15.9. The first-order valence-corrected chi connectivity index (χ1v) is 11.2. The molecular formula is C24H38O6. The third kappa shape index (κ3) is 10.2. The van der Waals surface area contributed by atoms with Crippen LogP contribution in [0.5, 0.6) is 0 Å². The third-order valence-electron chi connectivity index (χ3n) is 5.17. The maximum Gasteiger partial charge on any atom is 0.339 e. The lowest BCUT2D eigenvalue weighted by Crippen LogP contribution is -2.21. The smallest absolute Gasteiger partial charge is 0.339 e. The SMILES string of the molecule is CCCCC(CC)CC(CCC)OCCOCCOC(=O)c1ccccc1C(=O)O. The van der Waals surface area contributed by atoms with Gasteiger partial charge in [-0.05, 0) is 30.9 Å². The minimum atomic E-state index is -1.16. The van der Waals surface area contributed by atoms with E-state index in [-0.39, 0.29) is 30.4 Å². The lowest BCUT2D eigenvalue weighted by atomic mass is 9.92. The van der Waals surface area contributed by atoms with Crippen molar-refractivity contribution in [2.45, 2.75) is 71.8 Å². The Morgan fingerprint density at radius 1 is 0.933 bits per heavy atom. The summed E-state index contributed by atoms with van der Waals surface area (Å²) in [5, 5.41) is 9.13. The first-order valence-electron chi connectivity index (χ1n) is 11.2. The molecule has 0 aliphatic carbocycles. The number of hydrogen-bond donors (Lipinski definition) is 1. The molecule has 1 aromatic carbocycles. The summed E-state index contributed by atoms with van der Waals surface area (Å²) in [6.07, 6.45) is 8.50. The molecule has 1 aromatic rings. The van der Waals surface area contributed by atoms with Gasteiger partial charge in [-0.25, -0.2) is 9.59 Å². The summed E-state index contributed by atoms with van der Waals surface area (Å²) in [7, 11) is 0. The van der Waals surface area contributed by atoms with Crippen molar-refractivity contribution in [1.82, 2.24) is 0 Å². The number of esters is 1. The summed E-state index contributed by atoms with van der Waals surface area (Å²) in [4.78, 5) is 23.2. The van der Waals surface area contributed by atoms with Crippen LogP contribution in [0.3, 0.4) is 0 Å². The van der Waals surface area contributed by atoms with Crippen molar-refractivity contribution in [3.8, 4) is 0 Å². The standard InChI is InChI=1S/C24H38O6/c1-4-7-11-19(6-3)18-20(10-5-2)29-16-14-28-15-17-30-24(27)22-13-9-8-12-21(22)23(25)26/h8-9,12-13,19-20H,4-7,10-11,14-18H2,1-3H3,(H,25,26). The number of carbonyl (C=O) groups excluding carboxylic acids is 1. The molecule has 2 atom stereocenters. The second-order valence-electron chi connectivity index (χ2n) is 7.53. The summed E-state index contributed by atoms with van der Waals surface area (Å²) in [5.41, 5.74) is -0.0209. The van der Waals surface area contributed by atoms with Gasteiger partial charge in [0.05, 0.1) is 37.1 Å². The van der Waals surface area contributed by atoms with Crippen LogP contribution in [0.4, 0.5) is 0 Å². The van der Waals surface area contributed by atoms with Crippen LogP contribution in [0, 0.1) is 5.92 Å². The van der Waals surface area contributed by atoms with E-state index in [2.05, 4.69) is 20.8 Å². The van der Waals surface area contributed by atoms with Crippen LogP contribution in [-0.2, 0) is 14.2 Å². The topological polar surface area (TPSA) is 82.1 Å². The van der Waals surface area contributed by atoms with E-state index in [1.807, 2.05) is 0 Å². The summed E-state index contributed by atoms with van der Waals surface area (Å²) in [5.74, 6) is -1.10. The van der Waals surface area contributed by atoms with Crippen LogP contribution in [0.25, 0.3) is 0 Å². The zero-order valence-corrected chi connectivity index (χ0v) is 18.7. The minimum Gasteiger partial charge on any atom is -0.478 e. The maximum absolute atomic E-state index is 12.1. The van der Waals surface area contributed by atoms with E-state index in [1.54, 1.807) is 12.1 Å². The lowest BCUT2D eigenvalue weighted by Gasteiger charge is -2.23. The fourth-order valence-electron chi connectivity index (χ4n) is 3.44. The number of carbonyl (C=O) groups is 2. The van der Waals surface area contributed by atoms with Gasteiger partial charge >= 0.3 is 11.9 Å². The Hall–Kier alpha value is -1.92. The Morgan fingerprint density at radius 2 is 1.63 bits per heavy atom. The number of ether oxygens (including phenoxy) is 3. The molecule has 0 radical (unpaired) electrons. The number of carboxylic acids is 1. The molecule has 0 heterocycles. The van der Waals surface area contributed by atoms with Crippen LogP contribution >= 0.6 is 0 Å². The predicted octanol–water partition coefficient (Wildman–Crippen LogP) is 5.35. The van der Waals surface area contributed by atoms with Crippen molar-refractivity contribution in [2.24, 2.45) is 5.92 Å². The normalized spacial score (nSPS) is 13.0. The van der Waals surface area contributed by atoms with Gasteiger partial charge in [0.15, 0.2) is 0 Å². The number of benzene rings is 1. The van der Waals surface area contributed by atoms with Gasteiger partial charge in [-0.15, -0.1) is 0 Å². The zero-order chi connectivity index (χ0) is 22.2. The number of hydrogen-bond acceptors (Lipinski definition) is 5. The number of carboxylic acid groups (broad SMARTS) is 1. The van der Waals surface area contributed by atoms with E-state index < -0.39 is 11.9 Å². The van der Waals surface area contributed by atoms with Gasteiger partial charge in [0.2, 0.25) is 0 Å². The molecule has 6 heteroatoms. The predicted molar refractivity (Wildman–Crippen MR) is 117 cm³/mol. The van der Waals surface area contributed by atoms with Crippen molar-refractivity contribution in [2.75, 3.05) is 26.4 Å². The molecule has 170 valence electrons. The first kappa shape index (κ1) is 26.1. The summed E-state index contributed by atoms with van der Waals surface area (Å²) in [6.45, 7) is 7.93. The molecule has 0 aliphatic rings. The van der Waals surface area contributed by atoms with Crippen molar-refractivity contribution in [1.29, 1.82) is 0 Å². The van der Waals surface area contributed by atoms with Gasteiger partial charge in [-0.2, -0.15) is 0 Å². The van der Waals surface area contributed by atoms with Gasteiger partial charge in [-0.3, -0.25) is 0 Å². The average molecular weight is 423 g/mol. The van der Waals surface area contributed by atoms with Crippen molar-refractivity contribution in [3.05, 3.63) is 35.4 Å². The molecule has 6 nitrogen and oxygen atoms in total. The highest BCUT2D eigenvalue weighted by Gasteiger charge is 2.17. The Balaban J connectivity index is 2.26. The van der Waals surface area contributed by atoms with E-state index in [1.165, 1.54) is 37.8 Å². The van der Waals surface area contributed by atoms with Gasteiger partial charge in [0, 0.05) is 0 Å². The number of rotatable bonds is 17. The molecule has 0 fully saturated rings. The van der Waals surface area contributed by atoms with Gasteiger partial charge < -0.3 is 19.3 Å². The van der Waals surface area contributed by atoms with Crippen LogP contribution < -0.4 is 0 Å². The highest BCUT2D eigenvalue weighted by Crippen LogP contribution is 2.22. The molecular weight excluding hydrogens is 384 g/mol. The minimum absolute atomic E-state index is 0.0456. The average Bonchev–Trinajstić information content (AvgIpc) is 2.75. The molecule has 0 bridgehead atoms. The van der Waals surface area contributed by atoms with E-state index >= 15 is 0 Å². The lowest BCUT2D eigenvalue weighted by molar-refractivity contribution is -0.0188. The third-order valence-corrected chi connectivity index (χ3v) is 5.17. The van der Waals surface area contributed by atoms with Gasteiger partial charge in [0.25, 0.3) is 0 Å². The molecule has 0 aromatic heterocycles. The Bertz CT molecular complexity index is 615. The fourth-order valence-corrected chi connectivity index (χ4v) is 3.44. The molecule has 0 aliphatic heterocycles. The molecule has 0 spiro atoms. The molecule has 1 N–H and O–H groups in total. The maximum atomic E-state index is 12.1. The van der Waals surface area contributed by atoms with E-state index in [9.17, 15) is 9.59 Å². The van der Waals surface area contributed by atoms with Crippen LogP contribution in [0.1, 0.15) is 86.4 Å². The molecule has 2 unspecified atom stereocenters. The summed E-state index contributed by atoms with van der Waals surface area (Å²) >= 11 is 0. The molecule has 0 amide bonds. The van der Waals surface area contributed by atoms with Gasteiger partial charge in [0.1, 0.15) is 6.61 Å². The largest absolute Gasteiger partial charge is 0.478 e. The zero-order valence-electron chi connectivity index (χ0n) is 18.7. The molecule has 30 heavy (non-hydrogen) atoms. The van der Waals surface area contributed by atoms with Crippen molar-refractivity contribution in [3.63, 3.8) is 0 Å². The van der Waals surface area contributed by atoms with Crippen LogP contribution in [0.2, 0.25) is 0 Å². The van der Waals surface area contributed by atoms with Gasteiger partial charge in [-0.1, -0.05) is 65.0 Å². The summed E-state index contributed by atoms with van der Waals surface area (Å²) in [6, 6.07) is 6.00. The second-order valence-corrected chi connectivity index (χ2v) is 7.53. The van der Waals surface area contributed by atoms with E-state index in [0.29, 0.717) is 13.2 Å². The quantitative estimate of drug-likeness (QED) is 0.269. The number of unbranched alkanes of at least 4 members (excludes halogenated alkanes) is 1. The number of aromatic carboxylic acids is 1. The van der Waals surface area contributed by atoms with E-state index in [0.717, 1.165) is 25.2 Å². The molecule has 1 rings (SSSR count). The summed E-state index contributed by atoms with van der Waals surface area (Å²) < 4.78 is 16.7. The Kier molecular flexibility index (Phi) is 13.8. The monoisotopic (exact) mass is 422 g/mol. The Labute approximate surface area is 180 Å². The van der Waals surface area contributed by atoms with E-state index in [4.69, 9.17) is 19.3 Å². The van der Waals surface area contributed by atoms with Crippen molar-refractivity contribution >= 4 is 11.9 Å². The fraction of sp³-hybridized carbons (Fsp3) is 0.667. The van der Waals surface area contributed by atoms with Crippen LogP contribution in [0.15, 0.2) is 24.3 Å². The molecule has 0 saturated heterocycles. The van der Waals surface area contributed by atoms with Crippen molar-refractivity contribution < 1.29 is 28.9 Å². The Morgan fingerprint density at radius 3 is 2.27 bits per heavy atom. The highest BCUT2D eigenvalue weighted by atomic mass is 16.6. The highest BCUT2D eigenvalue weighted by molar-refractivity contribution is 6.02. The first-order chi connectivity index (χ1) is 14.5.